The number of hydrogen-bond acceptors (Lipinski definition) is 4. The smallest absolute Gasteiger partial charge is 0.241 e. The first kappa shape index (κ1) is 15.4. The van der Waals surface area contributed by atoms with Crippen LogP contribution in [-0.4, -0.2) is 34.9 Å². The van der Waals surface area contributed by atoms with Gasteiger partial charge in [-0.05, 0) is 58.6 Å². The molecule has 3 heterocycles. The number of carbonyl (C=O) groups is 1. The number of hydrogen-bond donors (Lipinski definition) is 1. The molecule has 1 aromatic rings. The molecule has 0 spiro atoms. The van der Waals surface area contributed by atoms with Gasteiger partial charge in [-0.1, -0.05) is 13.8 Å². The highest BCUT2D eigenvalue weighted by atomic mass is 32.2. The molecule has 0 bridgehead atoms. The fraction of sp³-hybridized carbons (Fsp3) is 0.688. The highest BCUT2D eigenvalue weighted by Gasteiger charge is 2.41. The van der Waals surface area contributed by atoms with Crippen LogP contribution in [0.2, 0.25) is 0 Å². The highest BCUT2D eigenvalue weighted by molar-refractivity contribution is 7.99. The van der Waals surface area contributed by atoms with Crippen LogP contribution < -0.4 is 5.32 Å². The number of nitrogens with zero attached hydrogens (tertiary/aromatic N) is 1. The molecule has 1 N–H and O–H groups in total. The predicted molar refractivity (Wildman–Crippen MR) is 90.6 cm³/mol. The topological polar surface area (TPSA) is 32.3 Å². The second-order valence-electron chi connectivity index (χ2n) is 6.39. The molecule has 21 heavy (non-hydrogen) atoms. The lowest BCUT2D eigenvalue weighted by Crippen LogP contribution is -2.37. The molecule has 0 aromatic carbocycles. The van der Waals surface area contributed by atoms with Gasteiger partial charge in [0.15, 0.2) is 0 Å². The highest BCUT2D eigenvalue weighted by Crippen LogP contribution is 2.32. The van der Waals surface area contributed by atoms with E-state index in [1.807, 2.05) is 11.8 Å². The molecular weight excluding hydrogens is 300 g/mol. The molecule has 2 aliphatic rings. The lowest BCUT2D eigenvalue weighted by atomic mass is 10.0. The molecular formula is C16H24N2OS2. The zero-order valence-corrected chi connectivity index (χ0v) is 14.4. The summed E-state index contributed by atoms with van der Waals surface area (Å²) in [6.45, 7) is 5.16. The van der Waals surface area contributed by atoms with Gasteiger partial charge in [-0.2, -0.15) is 23.1 Å². The zero-order valence-electron chi connectivity index (χ0n) is 12.7. The maximum absolute atomic E-state index is 12.8. The van der Waals surface area contributed by atoms with Crippen molar-refractivity contribution in [3.05, 3.63) is 22.4 Å². The Morgan fingerprint density at radius 1 is 1.38 bits per heavy atom. The number of nitrogens with one attached hydrogen (secondary N) is 1. The van der Waals surface area contributed by atoms with E-state index in [4.69, 9.17) is 0 Å². The van der Waals surface area contributed by atoms with Crippen molar-refractivity contribution in [2.24, 2.45) is 11.8 Å². The average Bonchev–Trinajstić information content (AvgIpc) is 3.09. The van der Waals surface area contributed by atoms with Crippen molar-refractivity contribution in [1.82, 2.24) is 10.2 Å². The Hall–Kier alpha value is -0.520. The Morgan fingerprint density at radius 3 is 2.76 bits per heavy atom. The van der Waals surface area contributed by atoms with E-state index in [2.05, 4.69) is 40.9 Å². The molecule has 2 aliphatic heterocycles. The second-order valence-corrected chi connectivity index (χ2v) is 8.40. The number of thioether (sulfide) groups is 1. The van der Waals surface area contributed by atoms with Crippen molar-refractivity contribution in [3.8, 4) is 0 Å². The summed E-state index contributed by atoms with van der Waals surface area (Å²) < 4.78 is 0. The number of carbonyl (C=O) groups excluding carboxylic acids is 1. The van der Waals surface area contributed by atoms with Crippen molar-refractivity contribution in [2.45, 2.75) is 38.9 Å². The maximum atomic E-state index is 12.8. The molecule has 3 nitrogen and oxygen atoms in total. The van der Waals surface area contributed by atoms with Gasteiger partial charge in [-0.25, -0.2) is 0 Å². The third-order valence-corrected chi connectivity index (χ3v) is 6.27. The maximum Gasteiger partial charge on any atom is 0.241 e. The van der Waals surface area contributed by atoms with Crippen molar-refractivity contribution in [2.75, 3.05) is 18.1 Å². The van der Waals surface area contributed by atoms with Crippen molar-refractivity contribution < 1.29 is 4.79 Å². The van der Waals surface area contributed by atoms with Crippen LogP contribution >= 0.6 is 23.1 Å². The Labute approximate surface area is 135 Å². The van der Waals surface area contributed by atoms with Gasteiger partial charge in [-0.3, -0.25) is 10.1 Å². The van der Waals surface area contributed by atoms with E-state index < -0.39 is 0 Å². The van der Waals surface area contributed by atoms with Crippen LogP contribution in [0.4, 0.5) is 0 Å². The second kappa shape index (κ2) is 6.71. The van der Waals surface area contributed by atoms with Crippen molar-refractivity contribution in [3.63, 3.8) is 0 Å². The van der Waals surface area contributed by atoms with Gasteiger partial charge >= 0.3 is 0 Å². The van der Waals surface area contributed by atoms with Crippen molar-refractivity contribution >= 4 is 29.0 Å². The van der Waals surface area contributed by atoms with E-state index >= 15 is 0 Å². The first-order chi connectivity index (χ1) is 10.2. The van der Waals surface area contributed by atoms with Crippen molar-refractivity contribution in [1.29, 1.82) is 0 Å². The van der Waals surface area contributed by atoms with Gasteiger partial charge in [0.2, 0.25) is 5.91 Å². The molecule has 0 aliphatic carbocycles. The molecule has 116 valence electrons. The van der Waals surface area contributed by atoms with E-state index in [0.717, 1.165) is 6.54 Å². The van der Waals surface area contributed by atoms with Crippen LogP contribution in [0.25, 0.3) is 0 Å². The first-order valence-corrected chi connectivity index (χ1v) is 9.93. The molecule has 0 saturated carbocycles. The molecule has 0 radical (unpaired) electrons. The van der Waals surface area contributed by atoms with Gasteiger partial charge in [-0.15, -0.1) is 0 Å². The summed E-state index contributed by atoms with van der Waals surface area (Å²) in [6, 6.07) is 2.11. The Kier molecular flexibility index (Phi) is 4.92. The van der Waals surface area contributed by atoms with Gasteiger partial charge in [0.1, 0.15) is 6.17 Å². The summed E-state index contributed by atoms with van der Waals surface area (Å²) in [6.07, 6.45) is 2.57. The fourth-order valence-corrected chi connectivity index (χ4v) is 5.11. The standard InChI is InChI=1S/C16H24N2OS2/c1-11(2)14-16(19)18(9-12-3-6-20-7-4-12)15(17-14)13-5-8-21-10-13/h5,8,10-12,14-15,17H,3-4,6-7,9H2,1-2H3. The predicted octanol–water partition coefficient (Wildman–Crippen LogP) is 3.35. The largest absolute Gasteiger partial charge is 0.321 e. The Bertz CT molecular complexity index is 469. The van der Waals surface area contributed by atoms with E-state index in [-0.39, 0.29) is 12.2 Å². The van der Waals surface area contributed by atoms with Crippen LogP contribution in [-0.2, 0) is 4.79 Å². The number of thiophene rings is 1. The van der Waals surface area contributed by atoms with Gasteiger partial charge < -0.3 is 4.90 Å². The molecule has 2 fully saturated rings. The monoisotopic (exact) mass is 324 g/mol. The van der Waals surface area contributed by atoms with Crippen LogP contribution in [0.3, 0.4) is 0 Å². The summed E-state index contributed by atoms with van der Waals surface area (Å²) in [7, 11) is 0. The first-order valence-electron chi connectivity index (χ1n) is 7.83. The summed E-state index contributed by atoms with van der Waals surface area (Å²) >= 11 is 3.75. The minimum Gasteiger partial charge on any atom is -0.321 e. The molecule has 3 rings (SSSR count). The quantitative estimate of drug-likeness (QED) is 0.922. The van der Waals surface area contributed by atoms with E-state index in [9.17, 15) is 4.79 Å². The summed E-state index contributed by atoms with van der Waals surface area (Å²) in [4.78, 5) is 14.9. The third-order valence-electron chi connectivity index (χ3n) is 4.52. The van der Waals surface area contributed by atoms with Crippen LogP contribution in [0, 0.1) is 11.8 Å². The lowest BCUT2D eigenvalue weighted by molar-refractivity contribution is -0.131. The summed E-state index contributed by atoms with van der Waals surface area (Å²) in [5, 5.41) is 7.82. The SMILES string of the molecule is CC(C)C1NC(c2ccsc2)N(CC2CCSCC2)C1=O. The normalized spacial score (nSPS) is 27.8. The molecule has 2 atom stereocenters. The fourth-order valence-electron chi connectivity index (χ4n) is 3.22. The zero-order chi connectivity index (χ0) is 14.8. The van der Waals surface area contributed by atoms with E-state index in [1.165, 1.54) is 29.9 Å². The lowest BCUT2D eigenvalue weighted by Gasteiger charge is -2.30. The third kappa shape index (κ3) is 3.30. The van der Waals surface area contributed by atoms with Gasteiger partial charge in [0.05, 0.1) is 6.04 Å². The molecule has 2 saturated heterocycles. The molecule has 5 heteroatoms. The van der Waals surface area contributed by atoms with E-state index in [0.29, 0.717) is 17.7 Å². The summed E-state index contributed by atoms with van der Waals surface area (Å²) in [5.74, 6) is 3.79. The van der Waals surface area contributed by atoms with E-state index in [1.54, 1.807) is 11.3 Å². The van der Waals surface area contributed by atoms with Gasteiger partial charge in [0.25, 0.3) is 0 Å². The summed E-state index contributed by atoms with van der Waals surface area (Å²) in [5.41, 5.74) is 1.24. The number of rotatable bonds is 4. The van der Waals surface area contributed by atoms with Gasteiger partial charge in [0, 0.05) is 6.54 Å². The Morgan fingerprint density at radius 2 is 2.14 bits per heavy atom. The minimum absolute atomic E-state index is 0.0344. The average molecular weight is 325 g/mol. The van der Waals surface area contributed by atoms with Crippen LogP contribution in [0.15, 0.2) is 16.8 Å². The van der Waals surface area contributed by atoms with Crippen LogP contribution in [0.5, 0.6) is 0 Å². The molecule has 1 aromatic heterocycles. The minimum atomic E-state index is -0.0344. The molecule has 2 unspecified atom stereocenters. The van der Waals surface area contributed by atoms with Crippen LogP contribution in [0.1, 0.15) is 38.4 Å². The number of amides is 1. The molecule has 1 amide bonds. The Balaban J connectivity index is 1.77.